The van der Waals surface area contributed by atoms with Crippen molar-refractivity contribution < 1.29 is 15.6 Å². The van der Waals surface area contributed by atoms with E-state index in [0.717, 1.165) is 12.8 Å². The molecule has 4 rings (SSSR count). The van der Waals surface area contributed by atoms with Crippen LogP contribution < -0.4 is 0 Å². The number of hydrogen-bond donors (Lipinski definition) is 0. The monoisotopic (exact) mass is 613 g/mol. The maximum atomic E-state index is 8.30. The van der Waals surface area contributed by atoms with Crippen LogP contribution in [0, 0.1) is 0 Å². The fourth-order valence-corrected chi connectivity index (χ4v) is 33.3. The van der Waals surface area contributed by atoms with Crippen molar-refractivity contribution in [1.29, 1.82) is 0 Å². The normalized spacial score (nSPS) is 21.0. The second-order valence-corrected chi connectivity index (χ2v) is 53.7. The van der Waals surface area contributed by atoms with Crippen LogP contribution in [0.5, 0.6) is 0 Å². The molecule has 2 aliphatic rings. The van der Waals surface area contributed by atoms with Gasteiger partial charge in [-0.3, -0.25) is 0 Å². The summed E-state index contributed by atoms with van der Waals surface area (Å²) in [5.74, 6) is -1.49. The van der Waals surface area contributed by atoms with E-state index >= 15 is 0 Å². The van der Waals surface area contributed by atoms with Crippen LogP contribution in [-0.2, 0) is 15.6 Å². The third-order valence-electron chi connectivity index (χ3n) is 8.26. The second kappa shape index (κ2) is 11.9. The van der Waals surface area contributed by atoms with Crippen molar-refractivity contribution in [1.82, 2.24) is 0 Å². The summed E-state index contributed by atoms with van der Waals surface area (Å²) in [5, 5.41) is 0. The van der Waals surface area contributed by atoms with E-state index in [0.29, 0.717) is 0 Å². The number of allylic oxidation sites excluding steroid dienone is 8. The number of hydrogen-bond acceptors (Lipinski definition) is 0. The Balaban J connectivity index is 1.88. The fourth-order valence-electron chi connectivity index (χ4n) is 5.97. The van der Waals surface area contributed by atoms with E-state index in [4.69, 9.17) is 17.0 Å². The summed E-state index contributed by atoms with van der Waals surface area (Å²) in [7, 11) is 16.6. The Morgan fingerprint density at radius 1 is 0.667 bits per heavy atom. The Morgan fingerprint density at radius 3 is 1.39 bits per heavy atom. The Labute approximate surface area is 228 Å². The molecule has 0 heterocycles. The summed E-state index contributed by atoms with van der Waals surface area (Å²) < 4.78 is 0.296. The van der Waals surface area contributed by atoms with E-state index in [9.17, 15) is 0 Å². The van der Waals surface area contributed by atoms with Crippen LogP contribution in [-0.4, -0.2) is 5.92 Å². The van der Waals surface area contributed by atoms with Gasteiger partial charge in [0.15, 0.2) is 0 Å². The summed E-state index contributed by atoms with van der Waals surface area (Å²) in [6.07, 6.45) is 16.9. The zero-order valence-electron chi connectivity index (χ0n) is 22.3. The summed E-state index contributed by atoms with van der Waals surface area (Å²) in [6, 6.07) is 21.7. The zero-order chi connectivity index (χ0) is 25.8. The first-order valence-corrected chi connectivity index (χ1v) is 30.1. The second-order valence-electron chi connectivity index (χ2n) is 11.0. The number of halogens is 2. The van der Waals surface area contributed by atoms with Gasteiger partial charge in [-0.05, 0) is 0 Å². The molecule has 36 heavy (non-hydrogen) atoms. The number of rotatable bonds is 11. The van der Waals surface area contributed by atoms with Gasteiger partial charge < -0.3 is 0 Å². The molecule has 0 nitrogen and oxygen atoms in total. The molecule has 2 atom stereocenters. The first-order valence-electron chi connectivity index (χ1n) is 13.8. The average Bonchev–Trinajstić information content (AvgIpc) is 3.53. The van der Waals surface area contributed by atoms with Gasteiger partial charge >= 0.3 is 230 Å². The molecule has 2 unspecified atom stereocenters. The number of unbranched alkanes of at least 4 members (excludes halogenated alkanes) is 2. The molecule has 0 bridgehead atoms. The molecule has 191 valence electrons. The van der Waals surface area contributed by atoms with Crippen LogP contribution in [0.3, 0.4) is 0 Å². The average molecular weight is 616 g/mol. The third kappa shape index (κ3) is 5.44. The quantitative estimate of drug-likeness (QED) is 0.221. The first-order chi connectivity index (χ1) is 17.3. The fraction of sp³-hybridized carbons (Fsp3) is 0.375. The molecule has 0 saturated heterocycles. The molecule has 0 radical (unpaired) electrons. The van der Waals surface area contributed by atoms with Crippen LogP contribution in [0.25, 0.3) is 11.1 Å². The topological polar surface area (TPSA) is 0 Å². The van der Waals surface area contributed by atoms with Crippen LogP contribution in [0.1, 0.15) is 63.5 Å². The molecule has 0 spiro atoms. The van der Waals surface area contributed by atoms with Gasteiger partial charge in [-0.25, -0.2) is 0 Å². The van der Waals surface area contributed by atoms with E-state index in [2.05, 4.69) is 112 Å². The molecular weight excluding hydrogens is 575 g/mol. The molecule has 0 N–H and O–H groups in total. The van der Waals surface area contributed by atoms with Crippen LogP contribution >= 0.6 is 17.0 Å². The van der Waals surface area contributed by atoms with E-state index in [1.165, 1.54) is 59.1 Å². The summed E-state index contributed by atoms with van der Waals surface area (Å²) in [4.78, 5) is 0. The van der Waals surface area contributed by atoms with E-state index < -0.39 is 21.5 Å². The molecule has 2 aliphatic carbocycles. The third-order valence-corrected chi connectivity index (χ3v) is 60.2. The van der Waals surface area contributed by atoms with Crippen molar-refractivity contribution in [2.45, 2.75) is 72.7 Å². The Morgan fingerprint density at radius 2 is 1.06 bits per heavy atom. The minimum atomic E-state index is -4.54. The molecule has 0 saturated carbocycles. The van der Waals surface area contributed by atoms with Gasteiger partial charge in [-0.15, -0.1) is 0 Å². The van der Waals surface area contributed by atoms with Gasteiger partial charge in [0, 0.05) is 0 Å². The van der Waals surface area contributed by atoms with Crippen molar-refractivity contribution in [3.8, 4) is 0 Å². The molecule has 4 heteroatoms. The molecule has 0 amide bonds. The number of benzene rings is 2. The predicted molar refractivity (Wildman–Crippen MR) is 162 cm³/mol. The van der Waals surface area contributed by atoms with Crippen molar-refractivity contribution in [3.05, 3.63) is 107 Å². The minimum absolute atomic E-state index is 0.148. The van der Waals surface area contributed by atoms with E-state index in [1.807, 2.05) is 0 Å². The van der Waals surface area contributed by atoms with Gasteiger partial charge in [0.05, 0.1) is 0 Å². The van der Waals surface area contributed by atoms with Gasteiger partial charge in [0.25, 0.3) is 0 Å². The van der Waals surface area contributed by atoms with Crippen molar-refractivity contribution in [2.75, 3.05) is 0 Å². The first kappa shape index (κ1) is 28.1. The Hall–Kier alpha value is -0.920. The maximum absolute atomic E-state index is 8.30. The van der Waals surface area contributed by atoms with Crippen molar-refractivity contribution >= 4 is 34.1 Å². The van der Waals surface area contributed by atoms with Crippen molar-refractivity contribution in [2.24, 2.45) is 0 Å². The van der Waals surface area contributed by atoms with E-state index in [1.54, 1.807) is 0 Å². The Bertz CT molecular complexity index is 1090. The molecule has 0 aromatic heterocycles. The molecular formula is C32H41Cl2SiZr. The zero-order valence-corrected chi connectivity index (χ0v) is 27.4. The summed E-state index contributed by atoms with van der Waals surface area (Å²) in [6.45, 7) is 9.38. The van der Waals surface area contributed by atoms with Gasteiger partial charge in [0.1, 0.15) is 0 Å². The molecule has 0 aliphatic heterocycles. The SMILES string of the molecule is CCCCC1=C[CH]([Zr]([Cl])([Cl])([CH]2C=C(CCCC)C=C2c2ccccc2)[SiH](C)C)C(c2ccccc2)=C1. The van der Waals surface area contributed by atoms with Crippen LogP contribution in [0.4, 0.5) is 0 Å². The van der Waals surface area contributed by atoms with Gasteiger partial charge in [-0.2, -0.15) is 0 Å². The van der Waals surface area contributed by atoms with Crippen molar-refractivity contribution in [3.63, 3.8) is 0 Å². The predicted octanol–water partition coefficient (Wildman–Crippen LogP) is 11.0. The van der Waals surface area contributed by atoms with Crippen LogP contribution in [0.15, 0.2) is 96.1 Å². The molecule has 2 aromatic rings. The van der Waals surface area contributed by atoms with Crippen LogP contribution in [0.2, 0.25) is 20.3 Å². The standard InChI is InChI=1S/2C15H17.C2H7Si.2ClH.Zr/c2*1-2-3-7-13-10-11-15(12-13)14-8-5-4-6-9-14;1-3-2;;;/h2*4-6,8-12H,2-3,7H2,1H3;3H,1-2H3;2*1H;/q;;;;;+2/p-2. The van der Waals surface area contributed by atoms with E-state index in [-0.39, 0.29) is 7.25 Å². The summed E-state index contributed by atoms with van der Waals surface area (Å²) in [5.41, 5.74) is 8.13. The Kier molecular flexibility index (Phi) is 9.26. The van der Waals surface area contributed by atoms with Gasteiger partial charge in [-0.1, -0.05) is 0 Å². The molecule has 0 fully saturated rings. The van der Waals surface area contributed by atoms with Gasteiger partial charge in [0.2, 0.25) is 0 Å². The molecule has 2 aromatic carbocycles. The summed E-state index contributed by atoms with van der Waals surface area (Å²) >= 11 is -4.54.